The molecule has 4 aromatic rings. The van der Waals surface area contributed by atoms with Crippen LogP contribution in [-0.4, -0.2) is 15.0 Å². The van der Waals surface area contributed by atoms with Crippen molar-refractivity contribution in [3.05, 3.63) is 97.3 Å². The molecule has 0 saturated heterocycles. The highest BCUT2D eigenvalue weighted by atomic mass is 16.3. The number of nitrogens with one attached hydrogen (secondary N) is 2. The molecule has 148 valence electrons. The maximum absolute atomic E-state index is 12.5. The molecule has 0 saturated carbocycles. The van der Waals surface area contributed by atoms with E-state index in [9.17, 15) is 9.59 Å². The molecule has 0 fully saturated rings. The fourth-order valence-electron chi connectivity index (χ4n) is 3.03. The average molecular weight is 389 g/mol. The summed E-state index contributed by atoms with van der Waals surface area (Å²) in [4.78, 5) is 34.3. The zero-order valence-electron chi connectivity index (χ0n) is 16.7. The Hall–Kier alpha value is -3.67. The fraction of sp³-hybridized carbons (Fsp3) is 0.174. The van der Waals surface area contributed by atoms with Crippen LogP contribution in [0.2, 0.25) is 0 Å². The second-order valence-electron chi connectivity index (χ2n) is 6.11. The summed E-state index contributed by atoms with van der Waals surface area (Å²) >= 11 is 0. The fourth-order valence-corrected chi connectivity index (χ4v) is 3.03. The Balaban J connectivity index is 0.00000117. The first-order valence-electron chi connectivity index (χ1n) is 9.62. The van der Waals surface area contributed by atoms with Crippen molar-refractivity contribution >= 4 is 22.9 Å². The van der Waals surface area contributed by atoms with Crippen molar-refractivity contribution in [2.24, 2.45) is 0 Å². The molecule has 29 heavy (non-hydrogen) atoms. The zero-order chi connectivity index (χ0) is 20.8. The smallest absolute Gasteiger partial charge is 0.272 e. The molecule has 4 rings (SSSR count). The summed E-state index contributed by atoms with van der Waals surface area (Å²) in [6, 6.07) is 13.7. The van der Waals surface area contributed by atoms with Crippen molar-refractivity contribution in [3.8, 4) is 0 Å². The predicted octanol–water partition coefficient (Wildman–Crippen LogP) is 2.45. The van der Waals surface area contributed by atoms with E-state index in [1.165, 1.54) is 12.5 Å². The summed E-state index contributed by atoms with van der Waals surface area (Å²) in [7, 11) is 0. The Morgan fingerprint density at radius 2 is 1.59 bits per heavy atom. The molecule has 0 spiro atoms. The van der Waals surface area contributed by atoms with Gasteiger partial charge in [-0.3, -0.25) is 9.59 Å². The molecule has 2 aromatic heterocycles. The van der Waals surface area contributed by atoms with Gasteiger partial charge in [0.25, 0.3) is 11.1 Å². The Kier molecular flexibility index (Phi) is 6.24. The van der Waals surface area contributed by atoms with Crippen LogP contribution in [0.3, 0.4) is 0 Å². The molecule has 0 amide bonds. The van der Waals surface area contributed by atoms with Gasteiger partial charge in [0, 0.05) is 6.42 Å². The highest BCUT2D eigenvalue weighted by Crippen LogP contribution is 2.18. The van der Waals surface area contributed by atoms with Crippen LogP contribution in [-0.2, 0) is 6.42 Å². The monoisotopic (exact) mass is 389 g/mol. The van der Waals surface area contributed by atoms with Gasteiger partial charge in [-0.2, -0.15) is 0 Å². The lowest BCUT2D eigenvalue weighted by molar-refractivity contribution is 0.509. The standard InChI is InChI=1S/C21H17N3O3.C2H6/c1-2-19-16(22-12-27-19)11-18-21(26)23-17(20(25)24-18)10-14-8-5-7-13-6-3-4-9-15(13)14;1-2/h3-12H,2H2,1H3,(H,23,26)(H,24,25);1-2H3/b17-10-,18-11-;. The molecular weight excluding hydrogens is 366 g/mol. The van der Waals surface area contributed by atoms with E-state index in [2.05, 4.69) is 15.0 Å². The molecule has 6 nitrogen and oxygen atoms in total. The van der Waals surface area contributed by atoms with E-state index in [0.717, 1.165) is 16.3 Å². The Bertz CT molecular complexity index is 1360. The molecular formula is C23H23N3O3. The number of aryl methyl sites for hydroxylation is 1. The number of fused-ring (bicyclic) bond motifs is 1. The average Bonchev–Trinajstić information content (AvgIpc) is 3.20. The molecule has 2 heterocycles. The zero-order valence-corrected chi connectivity index (χ0v) is 16.7. The highest BCUT2D eigenvalue weighted by Gasteiger charge is 2.04. The number of hydrogen-bond acceptors (Lipinski definition) is 4. The largest absolute Gasteiger partial charge is 0.448 e. The van der Waals surface area contributed by atoms with Gasteiger partial charge >= 0.3 is 0 Å². The van der Waals surface area contributed by atoms with Crippen molar-refractivity contribution in [2.75, 3.05) is 0 Å². The molecule has 0 atom stereocenters. The maximum Gasteiger partial charge on any atom is 0.272 e. The molecule has 2 N–H and O–H groups in total. The minimum atomic E-state index is -0.397. The van der Waals surface area contributed by atoms with Gasteiger partial charge in [0.1, 0.15) is 22.2 Å². The van der Waals surface area contributed by atoms with Gasteiger partial charge < -0.3 is 14.4 Å². The van der Waals surface area contributed by atoms with E-state index in [1.807, 2.05) is 63.2 Å². The molecule has 0 aliphatic heterocycles. The van der Waals surface area contributed by atoms with Crippen LogP contribution in [0.4, 0.5) is 0 Å². The van der Waals surface area contributed by atoms with E-state index in [4.69, 9.17) is 4.42 Å². The lowest BCUT2D eigenvalue weighted by Gasteiger charge is -2.01. The summed E-state index contributed by atoms with van der Waals surface area (Å²) < 4.78 is 5.25. The summed E-state index contributed by atoms with van der Waals surface area (Å²) in [5.74, 6) is 0.654. The van der Waals surface area contributed by atoms with Crippen molar-refractivity contribution in [1.82, 2.24) is 15.0 Å². The number of benzene rings is 2. The molecule has 0 unspecified atom stereocenters. The van der Waals surface area contributed by atoms with Crippen LogP contribution < -0.4 is 21.8 Å². The Morgan fingerprint density at radius 1 is 0.931 bits per heavy atom. The lowest BCUT2D eigenvalue weighted by Crippen LogP contribution is -2.46. The molecule has 2 aromatic carbocycles. The predicted molar refractivity (Wildman–Crippen MR) is 115 cm³/mol. The first kappa shape index (κ1) is 20.1. The first-order valence-corrected chi connectivity index (χ1v) is 9.62. The molecule has 0 bridgehead atoms. The Morgan fingerprint density at radius 3 is 2.31 bits per heavy atom. The van der Waals surface area contributed by atoms with Crippen LogP contribution in [0.25, 0.3) is 22.9 Å². The van der Waals surface area contributed by atoms with Crippen LogP contribution in [0.1, 0.15) is 37.8 Å². The van der Waals surface area contributed by atoms with Crippen LogP contribution in [0.15, 0.2) is 62.9 Å². The van der Waals surface area contributed by atoms with Gasteiger partial charge in [0.15, 0.2) is 6.39 Å². The topological polar surface area (TPSA) is 91.8 Å². The number of oxazole rings is 1. The van der Waals surface area contributed by atoms with E-state index >= 15 is 0 Å². The minimum absolute atomic E-state index is 0.138. The van der Waals surface area contributed by atoms with Gasteiger partial charge in [0.2, 0.25) is 0 Å². The van der Waals surface area contributed by atoms with E-state index in [-0.39, 0.29) is 16.3 Å². The number of aromatic nitrogens is 3. The van der Waals surface area contributed by atoms with Crippen LogP contribution >= 0.6 is 0 Å². The van der Waals surface area contributed by atoms with E-state index < -0.39 is 5.56 Å². The van der Waals surface area contributed by atoms with Crippen molar-refractivity contribution in [3.63, 3.8) is 0 Å². The van der Waals surface area contributed by atoms with Crippen molar-refractivity contribution < 1.29 is 4.42 Å². The number of aromatic amines is 2. The normalized spacial score (nSPS) is 12.1. The number of H-pyrrole nitrogens is 2. The van der Waals surface area contributed by atoms with Gasteiger partial charge in [-0.05, 0) is 28.5 Å². The quantitative estimate of drug-likeness (QED) is 0.563. The summed E-state index contributed by atoms with van der Waals surface area (Å²) in [5.41, 5.74) is 0.613. The molecule has 0 aliphatic rings. The third-order valence-electron chi connectivity index (χ3n) is 4.38. The number of nitrogens with zero attached hydrogens (tertiary/aromatic N) is 1. The summed E-state index contributed by atoms with van der Waals surface area (Å²) in [6.07, 6.45) is 5.16. The number of rotatable bonds is 3. The minimum Gasteiger partial charge on any atom is -0.448 e. The first-order chi connectivity index (χ1) is 14.2. The summed E-state index contributed by atoms with van der Waals surface area (Å²) in [6.45, 7) is 5.92. The lowest BCUT2D eigenvalue weighted by atomic mass is 10.0. The highest BCUT2D eigenvalue weighted by molar-refractivity contribution is 5.90. The third-order valence-corrected chi connectivity index (χ3v) is 4.38. The number of hydrogen-bond donors (Lipinski definition) is 2. The molecule has 0 radical (unpaired) electrons. The second kappa shape index (κ2) is 9.01. The van der Waals surface area contributed by atoms with Crippen LogP contribution in [0, 0.1) is 0 Å². The van der Waals surface area contributed by atoms with Gasteiger partial charge in [0.05, 0.1) is 0 Å². The third kappa shape index (κ3) is 4.27. The van der Waals surface area contributed by atoms with Crippen molar-refractivity contribution in [2.45, 2.75) is 27.2 Å². The van der Waals surface area contributed by atoms with E-state index in [1.54, 1.807) is 6.08 Å². The van der Waals surface area contributed by atoms with Gasteiger partial charge in [-0.25, -0.2) is 4.98 Å². The molecule has 0 aliphatic carbocycles. The second-order valence-corrected chi connectivity index (χ2v) is 6.11. The van der Waals surface area contributed by atoms with Crippen LogP contribution in [0.5, 0.6) is 0 Å². The summed E-state index contributed by atoms with van der Waals surface area (Å²) in [5, 5.41) is 2.40. The van der Waals surface area contributed by atoms with Gasteiger partial charge in [-0.15, -0.1) is 0 Å². The Labute approximate surface area is 167 Å². The van der Waals surface area contributed by atoms with E-state index in [0.29, 0.717) is 17.9 Å². The van der Waals surface area contributed by atoms with Crippen molar-refractivity contribution in [1.29, 1.82) is 0 Å². The maximum atomic E-state index is 12.5. The SMILES string of the molecule is CC.CCc1ocnc1/C=c1\[nH]c(=O)/c(=C/c2cccc3ccccc23)[nH]c1=O. The molecule has 6 heteroatoms. The van der Waals surface area contributed by atoms with Gasteiger partial charge in [-0.1, -0.05) is 63.2 Å².